The lowest BCUT2D eigenvalue weighted by Gasteiger charge is -2.26. The quantitative estimate of drug-likeness (QED) is 0.456. The molecule has 0 aliphatic carbocycles. The maximum atomic E-state index is 13.6. The second-order valence-corrected chi connectivity index (χ2v) is 10.3. The number of nitrogens with zero attached hydrogens (tertiary/aromatic N) is 1. The Hall–Kier alpha value is -3.65. The van der Waals surface area contributed by atoms with Crippen LogP contribution in [0.2, 0.25) is 0 Å². The van der Waals surface area contributed by atoms with Gasteiger partial charge in [-0.25, -0.2) is 8.42 Å². The van der Waals surface area contributed by atoms with Crippen molar-refractivity contribution in [3.8, 4) is 0 Å². The lowest BCUT2D eigenvalue weighted by molar-refractivity contribution is -0.114. The number of rotatable bonds is 9. The van der Waals surface area contributed by atoms with Crippen LogP contribution in [-0.4, -0.2) is 33.3 Å². The average Bonchev–Trinajstić information content (AvgIpc) is 2.82. The summed E-state index contributed by atoms with van der Waals surface area (Å²) >= 11 is 0. The molecule has 0 atom stereocenters. The first-order chi connectivity index (χ1) is 16.6. The number of aryl methyl sites for hydroxylation is 3. The van der Waals surface area contributed by atoms with Crippen molar-refractivity contribution in [2.24, 2.45) is 0 Å². The topological polar surface area (TPSA) is 95.6 Å². The summed E-state index contributed by atoms with van der Waals surface area (Å²) in [5.74, 6) is -0.863. The Bertz CT molecular complexity index is 1320. The summed E-state index contributed by atoms with van der Waals surface area (Å²) in [4.78, 5) is 25.8. The van der Waals surface area contributed by atoms with Gasteiger partial charge in [0.2, 0.25) is 5.91 Å². The molecule has 2 N–H and O–H groups in total. The van der Waals surface area contributed by atoms with Crippen LogP contribution in [0.15, 0.2) is 71.6 Å². The summed E-state index contributed by atoms with van der Waals surface area (Å²) in [5, 5.41) is 5.52. The predicted molar refractivity (Wildman–Crippen MR) is 139 cm³/mol. The zero-order valence-electron chi connectivity index (χ0n) is 20.5. The molecule has 3 aromatic rings. The molecule has 0 saturated heterocycles. The molecule has 35 heavy (non-hydrogen) atoms. The highest BCUT2D eigenvalue weighted by Crippen LogP contribution is 2.28. The molecule has 0 unspecified atom stereocenters. The number of amides is 2. The molecule has 0 saturated carbocycles. The lowest BCUT2D eigenvalue weighted by Crippen LogP contribution is -2.39. The maximum Gasteiger partial charge on any atom is 0.264 e. The Labute approximate surface area is 207 Å². The van der Waals surface area contributed by atoms with Gasteiger partial charge in [-0.15, -0.1) is 0 Å². The van der Waals surface area contributed by atoms with Crippen LogP contribution in [0, 0.1) is 20.8 Å². The van der Waals surface area contributed by atoms with Gasteiger partial charge in [0.1, 0.15) is 6.54 Å². The number of benzene rings is 3. The maximum absolute atomic E-state index is 13.6. The lowest BCUT2D eigenvalue weighted by atomic mass is 10.1. The third-order valence-electron chi connectivity index (χ3n) is 5.50. The molecule has 0 bridgehead atoms. The molecule has 184 valence electrons. The molecule has 0 aliphatic heterocycles. The highest BCUT2D eigenvalue weighted by molar-refractivity contribution is 7.92. The molecule has 3 aromatic carbocycles. The van der Waals surface area contributed by atoms with Crippen LogP contribution >= 0.6 is 0 Å². The monoisotopic (exact) mass is 493 g/mol. The second-order valence-electron chi connectivity index (χ2n) is 8.46. The van der Waals surface area contributed by atoms with Crippen LogP contribution in [0.4, 0.5) is 11.4 Å². The molecule has 7 nitrogen and oxygen atoms in total. The highest BCUT2D eigenvalue weighted by atomic mass is 32.2. The van der Waals surface area contributed by atoms with Crippen molar-refractivity contribution in [2.75, 3.05) is 22.7 Å². The van der Waals surface area contributed by atoms with Gasteiger partial charge in [-0.05, 0) is 63.1 Å². The number of carbonyl (C=O) groups is 2. The summed E-state index contributed by atoms with van der Waals surface area (Å²) in [6, 6.07) is 18.5. The average molecular weight is 494 g/mol. The third kappa shape index (κ3) is 6.27. The summed E-state index contributed by atoms with van der Waals surface area (Å²) in [6.07, 6.45) is 0.780. The Morgan fingerprint density at radius 3 is 2.20 bits per heavy atom. The van der Waals surface area contributed by atoms with Gasteiger partial charge in [-0.1, -0.05) is 54.4 Å². The Morgan fingerprint density at radius 2 is 1.54 bits per heavy atom. The Balaban J connectivity index is 1.95. The van der Waals surface area contributed by atoms with Crippen molar-refractivity contribution in [1.82, 2.24) is 5.32 Å². The zero-order chi connectivity index (χ0) is 25.6. The van der Waals surface area contributed by atoms with Gasteiger partial charge in [-0.2, -0.15) is 0 Å². The van der Waals surface area contributed by atoms with Gasteiger partial charge in [0.15, 0.2) is 0 Å². The van der Waals surface area contributed by atoms with E-state index in [0.29, 0.717) is 23.5 Å². The van der Waals surface area contributed by atoms with Crippen LogP contribution in [0.3, 0.4) is 0 Å². The summed E-state index contributed by atoms with van der Waals surface area (Å²) in [7, 11) is -4.04. The third-order valence-corrected chi connectivity index (χ3v) is 7.27. The van der Waals surface area contributed by atoms with Crippen molar-refractivity contribution in [1.29, 1.82) is 0 Å². The summed E-state index contributed by atoms with van der Waals surface area (Å²) in [5.41, 5.74) is 3.69. The number of hydrogen-bond acceptors (Lipinski definition) is 4. The van der Waals surface area contributed by atoms with Crippen molar-refractivity contribution in [3.63, 3.8) is 0 Å². The van der Waals surface area contributed by atoms with E-state index in [-0.39, 0.29) is 10.8 Å². The van der Waals surface area contributed by atoms with E-state index in [0.717, 1.165) is 27.4 Å². The van der Waals surface area contributed by atoms with Crippen molar-refractivity contribution < 1.29 is 18.0 Å². The fraction of sp³-hybridized carbons (Fsp3) is 0.259. The Kier molecular flexibility index (Phi) is 8.30. The van der Waals surface area contributed by atoms with Crippen LogP contribution in [-0.2, 0) is 14.8 Å². The van der Waals surface area contributed by atoms with Gasteiger partial charge in [0.05, 0.1) is 21.8 Å². The molecular formula is C27H31N3O4S. The van der Waals surface area contributed by atoms with Crippen molar-refractivity contribution >= 4 is 33.2 Å². The van der Waals surface area contributed by atoms with E-state index in [2.05, 4.69) is 10.6 Å². The highest BCUT2D eigenvalue weighted by Gasteiger charge is 2.28. The van der Waals surface area contributed by atoms with E-state index in [1.165, 1.54) is 12.1 Å². The molecular weight excluding hydrogens is 462 g/mol. The number of nitrogens with one attached hydrogen (secondary N) is 2. The van der Waals surface area contributed by atoms with Crippen molar-refractivity contribution in [3.05, 3.63) is 89.0 Å². The molecule has 8 heteroatoms. The smallest absolute Gasteiger partial charge is 0.264 e. The Morgan fingerprint density at radius 1 is 0.886 bits per heavy atom. The SMILES string of the molecule is CCCNC(=O)c1ccccc1NC(=O)CN(c1ccc(C)cc1C)S(=O)(=O)c1ccc(C)cc1. The molecule has 0 aromatic heterocycles. The van der Waals surface area contributed by atoms with E-state index < -0.39 is 22.5 Å². The van der Waals surface area contributed by atoms with E-state index in [4.69, 9.17) is 0 Å². The molecule has 0 aliphatic rings. The summed E-state index contributed by atoms with van der Waals surface area (Å²) in [6.45, 7) is 7.61. The van der Waals surface area contributed by atoms with E-state index >= 15 is 0 Å². The van der Waals surface area contributed by atoms with Gasteiger partial charge in [-0.3, -0.25) is 13.9 Å². The number of carbonyl (C=O) groups excluding carboxylic acids is 2. The van der Waals surface area contributed by atoms with Crippen LogP contribution < -0.4 is 14.9 Å². The standard InChI is InChI=1S/C27H31N3O4S/c1-5-16-28-27(32)23-8-6-7-9-24(23)29-26(31)18-30(25-15-12-20(3)17-21(25)4)35(33,34)22-13-10-19(2)11-14-22/h6-15,17H,5,16,18H2,1-4H3,(H,28,32)(H,29,31). The molecule has 0 spiro atoms. The molecule has 0 heterocycles. The minimum atomic E-state index is -4.04. The van der Waals surface area contributed by atoms with Gasteiger partial charge >= 0.3 is 0 Å². The predicted octanol–water partition coefficient (Wildman–Crippen LogP) is 4.59. The first-order valence-electron chi connectivity index (χ1n) is 11.5. The first kappa shape index (κ1) is 26.0. The van der Waals surface area contributed by atoms with Gasteiger partial charge in [0.25, 0.3) is 15.9 Å². The van der Waals surface area contributed by atoms with Gasteiger partial charge in [0, 0.05) is 6.54 Å². The minimum Gasteiger partial charge on any atom is -0.352 e. The van der Waals surface area contributed by atoms with E-state index in [1.54, 1.807) is 42.5 Å². The summed E-state index contributed by atoms with van der Waals surface area (Å²) < 4.78 is 28.4. The van der Waals surface area contributed by atoms with Crippen LogP contribution in [0.25, 0.3) is 0 Å². The van der Waals surface area contributed by atoms with Crippen LogP contribution in [0.5, 0.6) is 0 Å². The normalized spacial score (nSPS) is 11.1. The number of anilines is 2. The van der Waals surface area contributed by atoms with Crippen LogP contribution in [0.1, 0.15) is 40.4 Å². The zero-order valence-corrected chi connectivity index (χ0v) is 21.3. The van der Waals surface area contributed by atoms with E-state index in [1.807, 2.05) is 39.8 Å². The number of para-hydroxylation sites is 1. The fourth-order valence-electron chi connectivity index (χ4n) is 3.67. The largest absolute Gasteiger partial charge is 0.352 e. The fourth-order valence-corrected chi connectivity index (χ4v) is 5.15. The molecule has 0 radical (unpaired) electrons. The first-order valence-corrected chi connectivity index (χ1v) is 12.9. The number of sulfonamides is 1. The van der Waals surface area contributed by atoms with Gasteiger partial charge < -0.3 is 10.6 Å². The minimum absolute atomic E-state index is 0.0928. The molecule has 3 rings (SSSR count). The molecule has 0 fully saturated rings. The second kappa shape index (κ2) is 11.2. The van der Waals surface area contributed by atoms with E-state index in [9.17, 15) is 18.0 Å². The number of hydrogen-bond donors (Lipinski definition) is 2. The molecule has 2 amide bonds. The van der Waals surface area contributed by atoms with Crippen molar-refractivity contribution in [2.45, 2.75) is 39.0 Å².